The van der Waals surface area contributed by atoms with Gasteiger partial charge in [0, 0.05) is 12.8 Å². The third-order valence-electron chi connectivity index (χ3n) is 11.7. The maximum Gasteiger partial charge on any atom is 0.326 e. The topological polar surface area (TPSA) is 119 Å². The average Bonchev–Trinajstić information content (AvgIpc) is 3.23. The van der Waals surface area contributed by atoms with Crippen LogP contribution in [0.25, 0.3) is 0 Å². The Morgan fingerprint density at radius 3 is 1.37 bits per heavy atom. The molecule has 0 fully saturated rings. The highest BCUT2D eigenvalue weighted by Gasteiger charge is 2.19. The molecule has 2 unspecified atom stereocenters. The van der Waals surface area contributed by atoms with Crippen molar-refractivity contribution >= 4 is 17.8 Å². The van der Waals surface area contributed by atoms with E-state index in [4.69, 9.17) is 10.5 Å². The number of unbranched alkanes of at least 4 members (excludes halogenated alkanes) is 27. The Morgan fingerprint density at radius 1 is 0.483 bits per heavy atom. The summed E-state index contributed by atoms with van der Waals surface area (Å²) in [6.45, 7) is 4.95. The van der Waals surface area contributed by atoms with Gasteiger partial charge in [-0.2, -0.15) is 0 Å². The minimum Gasteiger partial charge on any atom is -0.480 e. The van der Waals surface area contributed by atoms with Crippen molar-refractivity contribution in [2.75, 3.05) is 6.54 Å². The molecule has 0 saturated carbocycles. The SMILES string of the molecule is CCCCCCC/C=C\C/C=C\CCCCCCCCCCCC(=O)OC(CCC/C=C\CCCCCCCCCC)CCCCCCCC(=O)NC(CCCN)C(=O)O. The maximum absolute atomic E-state index is 12.9. The lowest BCUT2D eigenvalue weighted by Crippen LogP contribution is -2.40. The number of ether oxygens (including phenoxy) is 1. The van der Waals surface area contributed by atoms with Crippen LogP contribution >= 0.6 is 0 Å². The van der Waals surface area contributed by atoms with Gasteiger partial charge in [-0.15, -0.1) is 0 Å². The van der Waals surface area contributed by atoms with Gasteiger partial charge in [0.1, 0.15) is 12.1 Å². The fourth-order valence-corrected chi connectivity index (χ4v) is 7.78. The van der Waals surface area contributed by atoms with Crippen LogP contribution in [0.1, 0.15) is 264 Å². The van der Waals surface area contributed by atoms with Crippen molar-refractivity contribution in [3.63, 3.8) is 0 Å². The molecule has 350 valence electrons. The van der Waals surface area contributed by atoms with Crippen molar-refractivity contribution in [2.45, 2.75) is 276 Å². The van der Waals surface area contributed by atoms with E-state index in [1.807, 2.05) is 0 Å². The van der Waals surface area contributed by atoms with Crippen molar-refractivity contribution in [1.82, 2.24) is 5.32 Å². The largest absolute Gasteiger partial charge is 0.480 e. The van der Waals surface area contributed by atoms with Crippen molar-refractivity contribution in [2.24, 2.45) is 5.73 Å². The number of carbonyl (C=O) groups is 3. The summed E-state index contributed by atoms with van der Waals surface area (Å²) in [5.74, 6) is -1.24. The number of carboxylic acid groups (broad SMARTS) is 1. The van der Waals surface area contributed by atoms with E-state index in [-0.39, 0.29) is 18.0 Å². The number of nitrogens with one attached hydrogen (secondary N) is 1. The molecule has 0 spiro atoms. The van der Waals surface area contributed by atoms with Crippen molar-refractivity contribution in [1.29, 1.82) is 0 Å². The number of esters is 1. The van der Waals surface area contributed by atoms with Crippen LogP contribution in [0.2, 0.25) is 0 Å². The van der Waals surface area contributed by atoms with Gasteiger partial charge in [-0.3, -0.25) is 9.59 Å². The molecule has 0 aliphatic heterocycles. The number of nitrogens with two attached hydrogens (primary N) is 1. The number of carboxylic acids is 1. The highest BCUT2D eigenvalue weighted by molar-refractivity contribution is 5.83. The zero-order chi connectivity index (χ0) is 43.8. The van der Waals surface area contributed by atoms with E-state index in [0.29, 0.717) is 32.2 Å². The average molecular weight is 843 g/mol. The summed E-state index contributed by atoms with van der Waals surface area (Å²) in [4.78, 5) is 36.5. The van der Waals surface area contributed by atoms with Gasteiger partial charge in [0.15, 0.2) is 0 Å². The fraction of sp³-hybridized carbons (Fsp3) is 0.830. The minimum absolute atomic E-state index is 0.0203. The fourth-order valence-electron chi connectivity index (χ4n) is 7.78. The summed E-state index contributed by atoms with van der Waals surface area (Å²) < 4.78 is 6.06. The van der Waals surface area contributed by atoms with Gasteiger partial charge in [-0.05, 0) is 109 Å². The number of allylic oxidation sites excluding steroid dienone is 6. The first-order chi connectivity index (χ1) is 29.4. The Balaban J connectivity index is 4.27. The Hall–Kier alpha value is -2.41. The summed E-state index contributed by atoms with van der Waals surface area (Å²) in [5.41, 5.74) is 5.50. The van der Waals surface area contributed by atoms with Crippen LogP contribution in [0.15, 0.2) is 36.5 Å². The molecular weight excluding hydrogens is 745 g/mol. The number of hydrogen-bond acceptors (Lipinski definition) is 5. The smallest absolute Gasteiger partial charge is 0.326 e. The minimum atomic E-state index is -1.00. The molecule has 60 heavy (non-hydrogen) atoms. The summed E-state index contributed by atoms with van der Waals surface area (Å²) in [5, 5.41) is 12.0. The summed E-state index contributed by atoms with van der Waals surface area (Å²) in [6.07, 6.45) is 57.7. The lowest BCUT2D eigenvalue weighted by Gasteiger charge is -2.18. The van der Waals surface area contributed by atoms with E-state index < -0.39 is 12.0 Å². The second-order valence-electron chi connectivity index (χ2n) is 17.6. The van der Waals surface area contributed by atoms with Crippen LogP contribution in [0.3, 0.4) is 0 Å². The second kappa shape index (κ2) is 47.6. The molecule has 0 heterocycles. The van der Waals surface area contributed by atoms with Gasteiger partial charge < -0.3 is 20.9 Å². The highest BCUT2D eigenvalue weighted by Crippen LogP contribution is 2.18. The lowest BCUT2D eigenvalue weighted by atomic mass is 10.0. The van der Waals surface area contributed by atoms with Gasteiger partial charge >= 0.3 is 11.9 Å². The van der Waals surface area contributed by atoms with Gasteiger partial charge in [0.2, 0.25) is 5.91 Å². The lowest BCUT2D eigenvalue weighted by molar-refractivity contribution is -0.150. The predicted molar refractivity (Wildman–Crippen MR) is 257 cm³/mol. The van der Waals surface area contributed by atoms with Gasteiger partial charge in [0.05, 0.1) is 0 Å². The van der Waals surface area contributed by atoms with E-state index in [1.165, 1.54) is 148 Å². The molecule has 0 aromatic rings. The molecule has 0 aliphatic rings. The van der Waals surface area contributed by atoms with Gasteiger partial charge in [-0.25, -0.2) is 4.79 Å². The summed E-state index contributed by atoms with van der Waals surface area (Å²) in [6, 6.07) is -0.860. The van der Waals surface area contributed by atoms with E-state index in [1.54, 1.807) is 0 Å². The van der Waals surface area contributed by atoms with Crippen LogP contribution in [0.4, 0.5) is 0 Å². The van der Waals surface area contributed by atoms with Crippen LogP contribution in [-0.4, -0.2) is 41.6 Å². The third kappa shape index (κ3) is 43.7. The van der Waals surface area contributed by atoms with E-state index >= 15 is 0 Å². The molecule has 4 N–H and O–H groups in total. The number of amides is 1. The molecule has 0 rings (SSSR count). The third-order valence-corrected chi connectivity index (χ3v) is 11.7. The Morgan fingerprint density at radius 2 is 0.883 bits per heavy atom. The van der Waals surface area contributed by atoms with Crippen molar-refractivity contribution < 1.29 is 24.2 Å². The molecule has 0 radical (unpaired) electrons. The van der Waals surface area contributed by atoms with E-state index in [2.05, 4.69) is 55.6 Å². The van der Waals surface area contributed by atoms with E-state index in [0.717, 1.165) is 77.0 Å². The van der Waals surface area contributed by atoms with Crippen molar-refractivity contribution in [3.8, 4) is 0 Å². The zero-order valence-corrected chi connectivity index (χ0v) is 39.6. The molecule has 7 heteroatoms. The first-order valence-electron chi connectivity index (χ1n) is 25.8. The Bertz CT molecular complexity index is 1040. The molecular formula is C53H98N2O5. The maximum atomic E-state index is 12.9. The normalized spacial score (nSPS) is 12.8. The molecule has 0 aliphatic carbocycles. The van der Waals surface area contributed by atoms with Crippen LogP contribution in [0, 0.1) is 0 Å². The first-order valence-corrected chi connectivity index (χ1v) is 25.8. The Labute approximate surface area is 371 Å². The standard InChI is InChI=1S/C53H98N2O5/c1-3-5-7-9-11-13-15-17-18-19-20-21-22-23-24-26-28-30-32-37-41-47-52(57)60-49(43-38-34-31-29-27-25-16-14-12-10-8-6-4-2)44-39-35-33-36-40-46-51(56)55-50(53(58)59)45-42-48-54/h15,17,19-20,29,31,49-50H,3-14,16,18,21-28,30,32-48,54H2,1-2H3,(H,55,56)(H,58,59)/b17-15-,20-19-,31-29-. The molecule has 0 aromatic carbocycles. The number of aliphatic carboxylic acids is 1. The quantitative estimate of drug-likeness (QED) is 0.0319. The molecule has 7 nitrogen and oxygen atoms in total. The number of hydrogen-bond donors (Lipinski definition) is 3. The van der Waals surface area contributed by atoms with Crippen LogP contribution < -0.4 is 11.1 Å². The molecule has 2 atom stereocenters. The molecule has 0 bridgehead atoms. The van der Waals surface area contributed by atoms with E-state index in [9.17, 15) is 19.5 Å². The first kappa shape index (κ1) is 57.6. The van der Waals surface area contributed by atoms with Crippen LogP contribution in [-0.2, 0) is 19.1 Å². The summed E-state index contributed by atoms with van der Waals surface area (Å²) >= 11 is 0. The van der Waals surface area contributed by atoms with Crippen LogP contribution in [0.5, 0.6) is 0 Å². The summed E-state index contributed by atoms with van der Waals surface area (Å²) in [7, 11) is 0. The number of rotatable bonds is 47. The molecule has 1 amide bonds. The van der Waals surface area contributed by atoms with Gasteiger partial charge in [0.25, 0.3) is 0 Å². The second-order valence-corrected chi connectivity index (χ2v) is 17.6. The predicted octanol–water partition coefficient (Wildman–Crippen LogP) is 15.3. The molecule has 0 aromatic heterocycles. The monoisotopic (exact) mass is 843 g/mol. The number of carbonyl (C=O) groups excluding carboxylic acids is 2. The van der Waals surface area contributed by atoms with Gasteiger partial charge in [-0.1, -0.05) is 185 Å². The van der Waals surface area contributed by atoms with Crippen molar-refractivity contribution in [3.05, 3.63) is 36.5 Å². The molecule has 0 saturated heterocycles. The Kier molecular flexibility index (Phi) is 45.7. The highest BCUT2D eigenvalue weighted by atomic mass is 16.5. The zero-order valence-electron chi connectivity index (χ0n) is 39.6.